The summed E-state index contributed by atoms with van der Waals surface area (Å²) >= 11 is 0. The monoisotopic (exact) mass is 483 g/mol. The molecule has 11 heteroatoms. The third kappa shape index (κ3) is 4.81. The van der Waals surface area contributed by atoms with E-state index in [1.165, 1.54) is 54.5 Å². The summed E-state index contributed by atoms with van der Waals surface area (Å²) in [5, 5.41) is 32.6. The Morgan fingerprint density at radius 1 is 1.14 bits per heavy atom. The summed E-state index contributed by atoms with van der Waals surface area (Å²) < 4.78 is 10.4. The number of nitro groups is 1. The van der Waals surface area contributed by atoms with Crippen LogP contribution in [0.15, 0.2) is 48.0 Å². The standard InChI is InChI=1S/C24H25N3O8/c1-34-17-6-7-18(19(28)14-17)22(29)20-21(15-2-4-16(5-3-15)27(32)33)26(24(31)23(20)30)9-8-25-10-12-35-13-11-25/h2-7,14,21,28-29H,8-13H2,1H3/b22-20+. The van der Waals surface area contributed by atoms with Crippen LogP contribution in [0, 0.1) is 10.1 Å². The van der Waals surface area contributed by atoms with E-state index in [0.717, 1.165) is 0 Å². The number of benzene rings is 2. The highest BCUT2D eigenvalue weighted by molar-refractivity contribution is 6.46. The molecule has 1 atom stereocenters. The van der Waals surface area contributed by atoms with E-state index in [4.69, 9.17) is 9.47 Å². The van der Waals surface area contributed by atoms with Crippen molar-refractivity contribution < 1.29 is 34.2 Å². The van der Waals surface area contributed by atoms with Crippen LogP contribution in [0.5, 0.6) is 11.5 Å². The molecule has 1 amide bonds. The molecule has 4 rings (SSSR count). The average Bonchev–Trinajstić information content (AvgIpc) is 3.12. The third-order valence-corrected chi connectivity index (χ3v) is 6.18. The van der Waals surface area contributed by atoms with Crippen LogP contribution in [0.2, 0.25) is 0 Å². The lowest BCUT2D eigenvalue weighted by Gasteiger charge is -2.31. The molecule has 11 nitrogen and oxygen atoms in total. The Morgan fingerprint density at radius 2 is 1.83 bits per heavy atom. The van der Waals surface area contributed by atoms with Gasteiger partial charge in [0.1, 0.15) is 17.3 Å². The maximum atomic E-state index is 13.1. The molecule has 2 N–H and O–H groups in total. The molecular formula is C24H25N3O8. The zero-order valence-electron chi connectivity index (χ0n) is 19.0. The second-order valence-electron chi connectivity index (χ2n) is 8.18. The zero-order chi connectivity index (χ0) is 25.1. The first kappa shape index (κ1) is 24.2. The minimum atomic E-state index is -0.988. The van der Waals surface area contributed by atoms with Crippen LogP contribution >= 0.6 is 0 Å². The molecule has 0 saturated carbocycles. The van der Waals surface area contributed by atoms with Gasteiger partial charge in [0.05, 0.1) is 42.4 Å². The van der Waals surface area contributed by atoms with Gasteiger partial charge in [-0.25, -0.2) is 0 Å². The third-order valence-electron chi connectivity index (χ3n) is 6.18. The predicted octanol–water partition coefficient (Wildman–Crippen LogP) is 2.06. The Hall–Kier alpha value is -3.96. The van der Waals surface area contributed by atoms with Crippen LogP contribution in [-0.2, 0) is 14.3 Å². The number of methoxy groups -OCH3 is 1. The number of non-ortho nitro benzene ring substituents is 1. The molecule has 0 spiro atoms. The SMILES string of the molecule is COc1ccc(/C(O)=C2\C(=O)C(=O)N(CCN3CCOCC3)C2c2ccc([N+](=O)[O-])cc2)c(O)c1. The van der Waals surface area contributed by atoms with Gasteiger partial charge in [0.25, 0.3) is 17.4 Å². The lowest BCUT2D eigenvalue weighted by molar-refractivity contribution is -0.384. The number of aliphatic hydroxyl groups is 1. The summed E-state index contributed by atoms with van der Waals surface area (Å²) in [6.45, 7) is 3.19. The number of nitrogens with zero attached hydrogens (tertiary/aromatic N) is 3. The predicted molar refractivity (Wildman–Crippen MR) is 124 cm³/mol. The number of carbonyl (C=O) groups is 2. The van der Waals surface area contributed by atoms with Crippen LogP contribution in [0.3, 0.4) is 0 Å². The highest BCUT2D eigenvalue weighted by atomic mass is 16.6. The molecule has 2 fully saturated rings. The van der Waals surface area contributed by atoms with Gasteiger partial charge in [0, 0.05) is 44.4 Å². The number of ketones is 1. The first-order valence-electron chi connectivity index (χ1n) is 11.0. The Bertz CT molecular complexity index is 1170. The second kappa shape index (κ2) is 10.1. The van der Waals surface area contributed by atoms with Crippen molar-refractivity contribution in [2.45, 2.75) is 6.04 Å². The topological polar surface area (TPSA) is 143 Å². The number of hydrogen-bond acceptors (Lipinski definition) is 9. The van der Waals surface area contributed by atoms with Gasteiger partial charge in [0.15, 0.2) is 0 Å². The van der Waals surface area contributed by atoms with Gasteiger partial charge in [-0.1, -0.05) is 0 Å². The lowest BCUT2D eigenvalue weighted by atomic mass is 9.94. The number of aromatic hydroxyl groups is 1. The van der Waals surface area contributed by atoms with Gasteiger partial charge in [-0.15, -0.1) is 0 Å². The van der Waals surface area contributed by atoms with Gasteiger partial charge in [-0.05, 0) is 29.8 Å². The number of hydrogen-bond donors (Lipinski definition) is 2. The summed E-state index contributed by atoms with van der Waals surface area (Å²) in [5.74, 6) is -2.22. The van der Waals surface area contributed by atoms with E-state index in [2.05, 4.69) is 4.90 Å². The highest BCUT2D eigenvalue weighted by Gasteiger charge is 2.46. The van der Waals surface area contributed by atoms with Crippen molar-refractivity contribution in [1.82, 2.24) is 9.80 Å². The number of likely N-dealkylation sites (tertiary alicyclic amines) is 1. The van der Waals surface area contributed by atoms with Crippen molar-refractivity contribution in [2.75, 3.05) is 46.5 Å². The largest absolute Gasteiger partial charge is 0.507 e. The molecule has 1 unspecified atom stereocenters. The van der Waals surface area contributed by atoms with Crippen molar-refractivity contribution in [3.8, 4) is 11.5 Å². The Morgan fingerprint density at radius 3 is 2.43 bits per heavy atom. The van der Waals surface area contributed by atoms with E-state index in [9.17, 15) is 29.9 Å². The minimum Gasteiger partial charge on any atom is -0.507 e. The van der Waals surface area contributed by atoms with E-state index >= 15 is 0 Å². The number of nitro benzene ring substituents is 1. The van der Waals surface area contributed by atoms with Gasteiger partial charge >= 0.3 is 0 Å². The fourth-order valence-electron chi connectivity index (χ4n) is 4.29. The lowest BCUT2D eigenvalue weighted by Crippen LogP contribution is -2.42. The average molecular weight is 483 g/mol. The Kier molecular flexibility index (Phi) is 6.99. The van der Waals surface area contributed by atoms with Crippen molar-refractivity contribution in [1.29, 1.82) is 0 Å². The molecule has 0 aliphatic carbocycles. The number of rotatable bonds is 7. The van der Waals surface area contributed by atoms with Crippen LogP contribution in [0.1, 0.15) is 17.2 Å². The molecular weight excluding hydrogens is 458 g/mol. The zero-order valence-corrected chi connectivity index (χ0v) is 19.0. The molecule has 0 bridgehead atoms. The van der Waals surface area contributed by atoms with Gasteiger partial charge < -0.3 is 24.6 Å². The Balaban J connectivity index is 1.77. The summed E-state index contributed by atoms with van der Waals surface area (Å²) in [7, 11) is 1.42. The van der Waals surface area contributed by atoms with Gasteiger partial charge in [-0.2, -0.15) is 0 Å². The van der Waals surface area contributed by atoms with E-state index in [1.54, 1.807) is 0 Å². The number of Topliss-reactive ketones (excluding diaryl/α,β-unsaturated/α-hetero) is 1. The molecule has 0 aromatic heterocycles. The summed E-state index contributed by atoms with van der Waals surface area (Å²) in [5.41, 5.74) is 0.0355. The van der Waals surface area contributed by atoms with Crippen LogP contribution in [-0.4, -0.2) is 83.1 Å². The quantitative estimate of drug-likeness (QED) is 0.199. The molecule has 2 aromatic carbocycles. The normalized spacial score (nSPS) is 20.3. The molecule has 2 aliphatic rings. The van der Waals surface area contributed by atoms with E-state index in [-0.39, 0.29) is 29.1 Å². The van der Waals surface area contributed by atoms with Crippen LogP contribution in [0.25, 0.3) is 5.76 Å². The molecule has 2 aromatic rings. The van der Waals surface area contributed by atoms with E-state index in [1.807, 2.05) is 0 Å². The molecule has 2 aliphatic heterocycles. The van der Waals surface area contributed by atoms with Crippen LogP contribution in [0.4, 0.5) is 5.69 Å². The fourth-order valence-corrected chi connectivity index (χ4v) is 4.29. The Labute approximate surface area is 200 Å². The molecule has 2 heterocycles. The maximum absolute atomic E-state index is 13.1. The maximum Gasteiger partial charge on any atom is 0.295 e. The van der Waals surface area contributed by atoms with Gasteiger partial charge in [-0.3, -0.25) is 24.6 Å². The number of phenolic OH excluding ortho intramolecular Hbond substituents is 1. The number of morpholine rings is 1. The number of phenols is 1. The molecule has 184 valence electrons. The first-order chi connectivity index (χ1) is 16.8. The molecule has 2 saturated heterocycles. The summed E-state index contributed by atoms with van der Waals surface area (Å²) in [6, 6.07) is 8.66. The summed E-state index contributed by atoms with van der Waals surface area (Å²) in [4.78, 5) is 40.2. The van der Waals surface area contributed by atoms with E-state index < -0.39 is 28.4 Å². The smallest absolute Gasteiger partial charge is 0.295 e. The second-order valence-corrected chi connectivity index (χ2v) is 8.18. The highest BCUT2D eigenvalue weighted by Crippen LogP contribution is 2.41. The number of amides is 1. The fraction of sp³-hybridized carbons (Fsp3) is 0.333. The van der Waals surface area contributed by atoms with Crippen molar-refractivity contribution in [3.63, 3.8) is 0 Å². The van der Waals surface area contributed by atoms with E-state index in [0.29, 0.717) is 44.2 Å². The minimum absolute atomic E-state index is 0.0381. The molecule has 35 heavy (non-hydrogen) atoms. The van der Waals surface area contributed by atoms with Gasteiger partial charge in [0.2, 0.25) is 0 Å². The van der Waals surface area contributed by atoms with Crippen molar-refractivity contribution >= 4 is 23.1 Å². The van der Waals surface area contributed by atoms with Crippen LogP contribution < -0.4 is 4.74 Å². The van der Waals surface area contributed by atoms with Crippen molar-refractivity contribution in [2.24, 2.45) is 0 Å². The van der Waals surface area contributed by atoms with Crippen molar-refractivity contribution in [3.05, 3.63) is 69.3 Å². The summed E-state index contributed by atoms with van der Waals surface area (Å²) in [6.07, 6.45) is 0. The first-order valence-corrected chi connectivity index (χ1v) is 11.0. The molecule has 0 radical (unpaired) electrons. The number of carbonyl (C=O) groups excluding carboxylic acids is 2. The number of ether oxygens (including phenoxy) is 2. The number of aliphatic hydroxyl groups excluding tert-OH is 1.